The van der Waals surface area contributed by atoms with E-state index < -0.39 is 5.97 Å². The summed E-state index contributed by atoms with van der Waals surface area (Å²) >= 11 is 0. The quantitative estimate of drug-likeness (QED) is 0.333. The number of aryl methyl sites for hydroxylation is 1. The van der Waals surface area contributed by atoms with Crippen LogP contribution >= 0.6 is 0 Å². The van der Waals surface area contributed by atoms with Gasteiger partial charge in [0, 0.05) is 6.07 Å². The van der Waals surface area contributed by atoms with E-state index in [1.807, 2.05) is 32.0 Å². The van der Waals surface area contributed by atoms with Gasteiger partial charge in [0.2, 0.25) is 5.78 Å². The highest BCUT2D eigenvalue weighted by atomic mass is 16.5. The highest BCUT2D eigenvalue weighted by Crippen LogP contribution is 2.35. The third-order valence-electron chi connectivity index (χ3n) is 4.68. The van der Waals surface area contributed by atoms with Gasteiger partial charge in [-0.05, 0) is 61.4 Å². The summed E-state index contributed by atoms with van der Waals surface area (Å²) < 4.78 is 16.7. The number of hydrogen-bond donors (Lipinski definition) is 0. The summed E-state index contributed by atoms with van der Waals surface area (Å²) in [4.78, 5) is 25.1. The van der Waals surface area contributed by atoms with Gasteiger partial charge in [0.05, 0.1) is 17.7 Å². The molecule has 1 aliphatic heterocycles. The van der Waals surface area contributed by atoms with Crippen molar-refractivity contribution in [3.63, 3.8) is 0 Å². The molecule has 4 rings (SSSR count). The number of fused-ring (bicyclic) bond motifs is 1. The molecule has 5 nitrogen and oxygen atoms in total. The van der Waals surface area contributed by atoms with Gasteiger partial charge in [-0.2, -0.15) is 0 Å². The van der Waals surface area contributed by atoms with Crippen LogP contribution in [-0.4, -0.2) is 18.4 Å². The molecule has 0 radical (unpaired) electrons. The molecule has 5 heteroatoms. The second-order valence-corrected chi connectivity index (χ2v) is 6.81. The summed E-state index contributed by atoms with van der Waals surface area (Å²) in [7, 11) is 0. The van der Waals surface area contributed by atoms with Crippen molar-refractivity contribution in [1.29, 1.82) is 0 Å². The van der Waals surface area contributed by atoms with E-state index >= 15 is 0 Å². The van der Waals surface area contributed by atoms with Gasteiger partial charge in [0.25, 0.3) is 0 Å². The van der Waals surface area contributed by atoms with E-state index in [9.17, 15) is 9.59 Å². The molecule has 1 heterocycles. The third kappa shape index (κ3) is 3.96. The number of ketones is 1. The monoisotopic (exact) mass is 400 g/mol. The molecule has 0 atom stereocenters. The number of hydrogen-bond acceptors (Lipinski definition) is 5. The van der Waals surface area contributed by atoms with Crippen molar-refractivity contribution in [2.24, 2.45) is 0 Å². The Morgan fingerprint density at radius 1 is 1.00 bits per heavy atom. The van der Waals surface area contributed by atoms with Crippen molar-refractivity contribution in [2.75, 3.05) is 6.61 Å². The van der Waals surface area contributed by atoms with Crippen LogP contribution in [0.5, 0.6) is 17.2 Å². The minimum atomic E-state index is -0.429. The predicted octanol–water partition coefficient (Wildman–Crippen LogP) is 5.23. The maximum atomic E-state index is 12.6. The molecule has 1 aliphatic rings. The minimum Gasteiger partial charge on any atom is -0.494 e. The lowest BCUT2D eigenvalue weighted by molar-refractivity contribution is 0.0733. The Labute approximate surface area is 174 Å². The highest BCUT2D eigenvalue weighted by molar-refractivity contribution is 6.14. The summed E-state index contributed by atoms with van der Waals surface area (Å²) in [5, 5.41) is 0. The number of esters is 1. The number of Topliss-reactive ketones (excluding diaryl/α,β-unsaturated/α-hetero) is 1. The number of benzene rings is 3. The average Bonchev–Trinajstić information content (AvgIpc) is 3.03. The lowest BCUT2D eigenvalue weighted by Gasteiger charge is -2.07. The maximum absolute atomic E-state index is 12.6. The van der Waals surface area contributed by atoms with E-state index in [1.165, 1.54) is 0 Å². The Kier molecular flexibility index (Phi) is 5.35. The first kappa shape index (κ1) is 19.5. The van der Waals surface area contributed by atoms with Crippen molar-refractivity contribution in [1.82, 2.24) is 0 Å². The van der Waals surface area contributed by atoms with Gasteiger partial charge in [-0.25, -0.2) is 4.79 Å². The minimum absolute atomic E-state index is 0.199. The second-order valence-electron chi connectivity index (χ2n) is 6.81. The molecule has 0 aliphatic carbocycles. The van der Waals surface area contributed by atoms with E-state index in [4.69, 9.17) is 14.2 Å². The zero-order chi connectivity index (χ0) is 21.1. The van der Waals surface area contributed by atoms with Crippen LogP contribution in [-0.2, 0) is 0 Å². The first-order valence-electron chi connectivity index (χ1n) is 9.64. The molecular weight excluding hydrogens is 380 g/mol. The average molecular weight is 400 g/mol. The van der Waals surface area contributed by atoms with Crippen molar-refractivity contribution < 1.29 is 23.8 Å². The largest absolute Gasteiger partial charge is 0.494 e. The van der Waals surface area contributed by atoms with Crippen LogP contribution in [0.15, 0.2) is 72.5 Å². The number of ether oxygens (including phenoxy) is 3. The fraction of sp³-hybridized carbons (Fsp3) is 0.120. The smallest absolute Gasteiger partial charge is 0.343 e. The van der Waals surface area contributed by atoms with Crippen LogP contribution in [0.4, 0.5) is 0 Å². The van der Waals surface area contributed by atoms with Gasteiger partial charge >= 0.3 is 5.97 Å². The van der Waals surface area contributed by atoms with E-state index in [0.717, 1.165) is 5.56 Å². The molecule has 3 aromatic carbocycles. The summed E-state index contributed by atoms with van der Waals surface area (Å²) in [6.45, 7) is 4.28. The standard InChI is InChI=1S/C25H20O5/c1-3-28-18-11-12-21-22(15-18)30-23(24(21)26)14-17-8-6-9-19(13-17)29-25(27)20-10-5-4-7-16(20)2/h4-15H,3H2,1-2H3/b23-14-. The fourth-order valence-electron chi connectivity index (χ4n) is 3.21. The summed E-state index contributed by atoms with van der Waals surface area (Å²) in [5.41, 5.74) is 2.53. The molecule has 0 unspecified atom stereocenters. The van der Waals surface area contributed by atoms with Crippen molar-refractivity contribution in [2.45, 2.75) is 13.8 Å². The molecule has 0 fully saturated rings. The molecule has 0 amide bonds. The number of allylic oxidation sites excluding steroid dienone is 1. The van der Waals surface area contributed by atoms with Crippen molar-refractivity contribution >= 4 is 17.8 Å². The molecule has 3 aromatic rings. The Morgan fingerprint density at radius 3 is 2.63 bits per heavy atom. The molecule has 0 N–H and O–H groups in total. The number of carbonyl (C=O) groups excluding carboxylic acids is 2. The van der Waals surface area contributed by atoms with Crippen LogP contribution in [0.1, 0.15) is 38.8 Å². The summed E-state index contributed by atoms with van der Waals surface area (Å²) in [5.74, 6) is 1.09. The van der Waals surface area contributed by atoms with Crippen LogP contribution in [0, 0.1) is 6.92 Å². The van der Waals surface area contributed by atoms with E-state index in [-0.39, 0.29) is 11.5 Å². The molecule has 0 saturated carbocycles. The van der Waals surface area contributed by atoms with Gasteiger partial charge < -0.3 is 14.2 Å². The lowest BCUT2D eigenvalue weighted by atomic mass is 10.1. The molecule has 0 bridgehead atoms. The maximum Gasteiger partial charge on any atom is 0.343 e. The SMILES string of the molecule is CCOc1ccc2c(c1)O/C(=C\c1cccc(OC(=O)c3ccccc3C)c1)C2=O. The Balaban J connectivity index is 1.54. The zero-order valence-electron chi connectivity index (χ0n) is 16.7. The second kappa shape index (κ2) is 8.25. The molecule has 30 heavy (non-hydrogen) atoms. The Hall–Kier alpha value is -3.86. The van der Waals surface area contributed by atoms with E-state index in [1.54, 1.807) is 54.6 Å². The Bertz CT molecular complexity index is 1160. The molecular formula is C25H20O5. The van der Waals surface area contributed by atoms with Crippen molar-refractivity contribution in [3.8, 4) is 17.2 Å². The number of rotatable bonds is 5. The van der Waals surface area contributed by atoms with Crippen LogP contribution in [0.25, 0.3) is 6.08 Å². The predicted molar refractivity (Wildman–Crippen MR) is 113 cm³/mol. The van der Waals surface area contributed by atoms with Gasteiger partial charge in [0.1, 0.15) is 17.2 Å². The number of carbonyl (C=O) groups is 2. The van der Waals surface area contributed by atoms with Crippen LogP contribution in [0.3, 0.4) is 0 Å². The first-order valence-corrected chi connectivity index (χ1v) is 9.64. The third-order valence-corrected chi connectivity index (χ3v) is 4.68. The molecule has 0 spiro atoms. The molecule has 150 valence electrons. The topological polar surface area (TPSA) is 61.8 Å². The van der Waals surface area contributed by atoms with Crippen LogP contribution in [0.2, 0.25) is 0 Å². The van der Waals surface area contributed by atoms with Gasteiger partial charge in [0.15, 0.2) is 5.76 Å². The van der Waals surface area contributed by atoms with Gasteiger partial charge in [-0.3, -0.25) is 4.79 Å². The highest BCUT2D eigenvalue weighted by Gasteiger charge is 2.27. The van der Waals surface area contributed by atoms with E-state index in [0.29, 0.717) is 40.5 Å². The molecule has 0 aromatic heterocycles. The van der Waals surface area contributed by atoms with Crippen LogP contribution < -0.4 is 14.2 Å². The normalized spacial score (nSPS) is 13.7. The Morgan fingerprint density at radius 2 is 1.83 bits per heavy atom. The van der Waals surface area contributed by atoms with Gasteiger partial charge in [-0.15, -0.1) is 0 Å². The summed E-state index contributed by atoms with van der Waals surface area (Å²) in [6, 6.07) is 19.3. The lowest BCUT2D eigenvalue weighted by Crippen LogP contribution is -2.10. The van der Waals surface area contributed by atoms with E-state index in [2.05, 4.69) is 0 Å². The first-order chi connectivity index (χ1) is 14.5. The van der Waals surface area contributed by atoms with Crippen molar-refractivity contribution in [3.05, 3.63) is 94.7 Å². The fourth-order valence-corrected chi connectivity index (χ4v) is 3.21. The zero-order valence-corrected chi connectivity index (χ0v) is 16.7. The van der Waals surface area contributed by atoms with Gasteiger partial charge in [-0.1, -0.05) is 30.3 Å². The molecule has 0 saturated heterocycles. The summed E-state index contributed by atoms with van der Waals surface area (Å²) in [6.07, 6.45) is 1.63.